The van der Waals surface area contributed by atoms with E-state index in [1.54, 1.807) is 12.1 Å². The number of thioether (sulfide) groups is 1. The van der Waals surface area contributed by atoms with E-state index in [1.807, 2.05) is 72.8 Å². The maximum atomic E-state index is 12.7. The largest absolute Gasteiger partial charge is 0.301 e. The van der Waals surface area contributed by atoms with Gasteiger partial charge in [0.25, 0.3) is 0 Å². The molecule has 0 saturated carbocycles. The molecule has 35 heavy (non-hydrogen) atoms. The fraction of sp³-hybridized carbons (Fsp3) is 0.0370. The van der Waals surface area contributed by atoms with E-state index in [-0.39, 0.29) is 11.7 Å². The second-order valence-corrected chi connectivity index (χ2v) is 9.97. The van der Waals surface area contributed by atoms with Gasteiger partial charge in [-0.05, 0) is 35.9 Å². The molecule has 0 saturated heterocycles. The maximum Gasteiger partial charge on any atom is 0.236 e. The summed E-state index contributed by atoms with van der Waals surface area (Å²) in [4.78, 5) is 21.9. The van der Waals surface area contributed by atoms with E-state index in [1.165, 1.54) is 23.1 Å². The Balaban J connectivity index is 1.45. The average Bonchev–Trinajstić information content (AvgIpc) is 3.30. The summed E-state index contributed by atoms with van der Waals surface area (Å²) in [7, 11) is 0. The molecule has 0 aliphatic rings. The van der Waals surface area contributed by atoms with Crippen molar-refractivity contribution >= 4 is 56.0 Å². The van der Waals surface area contributed by atoms with Gasteiger partial charge in [0.1, 0.15) is 11.1 Å². The summed E-state index contributed by atoms with van der Waals surface area (Å²) in [5.74, 6) is -0.117. The molecule has 0 fully saturated rings. The standard InChI is InChI=1S/C27H17ClN4OS2/c28-19-12-10-17(11-13-19)20-14-23(18-6-2-1-3-7-18)30-26(21(20)15-29)34-16-25(33)32-27-31-22-8-4-5-9-24(22)35-27/h1-14H,16H2,(H,31,32,33). The quantitative estimate of drug-likeness (QED) is 0.242. The van der Waals surface area contributed by atoms with Crippen LogP contribution in [0.15, 0.2) is 90.0 Å². The highest BCUT2D eigenvalue weighted by atomic mass is 35.5. The lowest BCUT2D eigenvalue weighted by Gasteiger charge is -2.12. The molecule has 0 radical (unpaired) electrons. The molecule has 2 heterocycles. The first kappa shape index (κ1) is 23.1. The number of fused-ring (bicyclic) bond motifs is 1. The smallest absolute Gasteiger partial charge is 0.236 e. The molecule has 5 nitrogen and oxygen atoms in total. The Morgan fingerprint density at radius 2 is 1.71 bits per heavy atom. The molecule has 0 spiro atoms. The number of para-hydroxylation sites is 1. The van der Waals surface area contributed by atoms with Crippen LogP contribution in [0.3, 0.4) is 0 Å². The van der Waals surface area contributed by atoms with Gasteiger partial charge in [-0.1, -0.05) is 89.3 Å². The molecule has 0 atom stereocenters. The number of benzene rings is 3. The lowest BCUT2D eigenvalue weighted by molar-refractivity contribution is -0.113. The topological polar surface area (TPSA) is 78.7 Å². The number of nitrogens with zero attached hydrogens (tertiary/aromatic N) is 3. The van der Waals surface area contributed by atoms with Crippen molar-refractivity contribution in [3.8, 4) is 28.5 Å². The summed E-state index contributed by atoms with van der Waals surface area (Å²) >= 11 is 8.73. The fourth-order valence-electron chi connectivity index (χ4n) is 3.56. The SMILES string of the molecule is N#Cc1c(-c2ccc(Cl)cc2)cc(-c2ccccc2)nc1SCC(=O)Nc1nc2ccccc2s1. The minimum absolute atomic E-state index is 0.0932. The molecule has 3 aromatic carbocycles. The van der Waals surface area contributed by atoms with Gasteiger partial charge >= 0.3 is 0 Å². The Morgan fingerprint density at radius 1 is 0.971 bits per heavy atom. The second kappa shape index (κ2) is 10.3. The number of halogens is 1. The zero-order chi connectivity index (χ0) is 24.2. The van der Waals surface area contributed by atoms with Crippen LogP contribution in [0.5, 0.6) is 0 Å². The lowest BCUT2D eigenvalue weighted by atomic mass is 9.99. The minimum atomic E-state index is -0.210. The van der Waals surface area contributed by atoms with Crippen LogP contribution < -0.4 is 5.32 Å². The fourth-order valence-corrected chi connectivity index (χ4v) is 5.37. The van der Waals surface area contributed by atoms with Crippen LogP contribution in [0.25, 0.3) is 32.6 Å². The zero-order valence-corrected chi connectivity index (χ0v) is 20.6. The van der Waals surface area contributed by atoms with Crippen molar-refractivity contribution < 1.29 is 4.79 Å². The predicted octanol–water partition coefficient (Wildman–Crippen LogP) is 7.28. The summed E-state index contributed by atoms with van der Waals surface area (Å²) in [6.45, 7) is 0. The van der Waals surface area contributed by atoms with Crippen molar-refractivity contribution in [2.45, 2.75) is 5.03 Å². The van der Waals surface area contributed by atoms with Gasteiger partial charge in [-0.2, -0.15) is 5.26 Å². The van der Waals surface area contributed by atoms with Gasteiger partial charge in [0.2, 0.25) is 5.91 Å². The van der Waals surface area contributed by atoms with Crippen molar-refractivity contribution in [3.05, 3.63) is 95.5 Å². The summed E-state index contributed by atoms with van der Waals surface area (Å²) in [6, 6.07) is 29.0. The van der Waals surface area contributed by atoms with Crippen LogP contribution in [0.4, 0.5) is 5.13 Å². The number of hydrogen-bond acceptors (Lipinski definition) is 6. The Morgan fingerprint density at radius 3 is 2.46 bits per heavy atom. The van der Waals surface area contributed by atoms with Crippen molar-refractivity contribution in [1.29, 1.82) is 5.26 Å². The van der Waals surface area contributed by atoms with E-state index in [9.17, 15) is 10.1 Å². The summed E-state index contributed by atoms with van der Waals surface area (Å²) in [5.41, 5.74) is 4.51. The third kappa shape index (κ3) is 5.20. The van der Waals surface area contributed by atoms with Crippen LogP contribution in [-0.2, 0) is 4.79 Å². The van der Waals surface area contributed by atoms with Crippen molar-refractivity contribution in [2.24, 2.45) is 0 Å². The highest BCUT2D eigenvalue weighted by Gasteiger charge is 2.17. The van der Waals surface area contributed by atoms with Gasteiger partial charge in [0.15, 0.2) is 5.13 Å². The number of carbonyl (C=O) groups is 1. The highest BCUT2D eigenvalue weighted by Crippen LogP contribution is 2.35. The molecular formula is C27H17ClN4OS2. The Hall–Kier alpha value is -3.70. The third-order valence-corrected chi connectivity index (χ3v) is 7.38. The first-order valence-electron chi connectivity index (χ1n) is 10.7. The van der Waals surface area contributed by atoms with E-state index >= 15 is 0 Å². The zero-order valence-electron chi connectivity index (χ0n) is 18.2. The van der Waals surface area contributed by atoms with Gasteiger partial charge in [-0.15, -0.1) is 0 Å². The van der Waals surface area contributed by atoms with E-state index in [4.69, 9.17) is 16.6 Å². The normalized spacial score (nSPS) is 10.7. The Bertz CT molecular complexity index is 1530. The maximum absolute atomic E-state index is 12.7. The lowest BCUT2D eigenvalue weighted by Crippen LogP contribution is -2.14. The monoisotopic (exact) mass is 512 g/mol. The number of thiazole rings is 1. The molecule has 0 aliphatic heterocycles. The van der Waals surface area contributed by atoms with Gasteiger partial charge in [0, 0.05) is 16.1 Å². The van der Waals surface area contributed by atoms with Crippen LogP contribution in [-0.4, -0.2) is 21.6 Å². The van der Waals surface area contributed by atoms with E-state index in [0.29, 0.717) is 20.7 Å². The number of nitriles is 1. The number of rotatable bonds is 6. The molecule has 5 rings (SSSR count). The van der Waals surface area contributed by atoms with Crippen molar-refractivity contribution in [1.82, 2.24) is 9.97 Å². The van der Waals surface area contributed by atoms with Crippen LogP contribution in [0, 0.1) is 11.3 Å². The first-order chi connectivity index (χ1) is 17.1. The first-order valence-corrected chi connectivity index (χ1v) is 12.8. The molecule has 1 N–H and O–H groups in total. The summed E-state index contributed by atoms with van der Waals surface area (Å²) in [5, 5.41) is 14.5. The van der Waals surface area contributed by atoms with Crippen LogP contribution in [0.2, 0.25) is 5.02 Å². The van der Waals surface area contributed by atoms with E-state index in [0.717, 1.165) is 32.6 Å². The number of anilines is 1. The molecular weight excluding hydrogens is 496 g/mol. The molecule has 5 aromatic rings. The van der Waals surface area contributed by atoms with Gasteiger partial charge in [-0.25, -0.2) is 9.97 Å². The minimum Gasteiger partial charge on any atom is -0.301 e. The Labute approximate surface area is 215 Å². The molecule has 0 bridgehead atoms. The van der Waals surface area contributed by atoms with Crippen LogP contribution in [0.1, 0.15) is 5.56 Å². The van der Waals surface area contributed by atoms with E-state index in [2.05, 4.69) is 16.4 Å². The molecule has 0 aliphatic carbocycles. The number of carbonyl (C=O) groups excluding carboxylic acids is 1. The van der Waals surface area contributed by atoms with Crippen LogP contribution >= 0.6 is 34.7 Å². The van der Waals surface area contributed by atoms with Gasteiger partial charge in [-0.3, -0.25) is 4.79 Å². The summed E-state index contributed by atoms with van der Waals surface area (Å²) < 4.78 is 1.01. The molecule has 170 valence electrons. The predicted molar refractivity (Wildman–Crippen MR) is 144 cm³/mol. The third-order valence-electron chi connectivity index (χ3n) is 5.20. The van der Waals surface area contributed by atoms with Gasteiger partial charge < -0.3 is 5.32 Å². The number of hydrogen-bond donors (Lipinski definition) is 1. The average molecular weight is 513 g/mol. The number of nitrogens with one attached hydrogen (secondary N) is 1. The van der Waals surface area contributed by atoms with E-state index < -0.39 is 0 Å². The second-order valence-electron chi connectivity index (χ2n) is 7.54. The molecule has 1 amide bonds. The number of pyridine rings is 1. The molecule has 8 heteroatoms. The summed E-state index contributed by atoms with van der Waals surface area (Å²) in [6.07, 6.45) is 0. The number of amides is 1. The molecule has 2 aromatic heterocycles. The van der Waals surface area contributed by atoms with Gasteiger partial charge in [0.05, 0.1) is 27.2 Å². The molecule has 0 unspecified atom stereocenters. The van der Waals surface area contributed by atoms with Crippen molar-refractivity contribution in [2.75, 3.05) is 11.1 Å². The number of aromatic nitrogens is 2. The van der Waals surface area contributed by atoms with Crippen molar-refractivity contribution in [3.63, 3.8) is 0 Å². The Kier molecular flexibility index (Phi) is 6.77. The highest BCUT2D eigenvalue weighted by molar-refractivity contribution is 8.00.